The molecule has 10 nitrogen and oxygen atoms in total. The Balaban J connectivity index is 1.59. The van der Waals surface area contributed by atoms with Crippen LogP contribution in [0.5, 0.6) is 23.0 Å². The van der Waals surface area contributed by atoms with E-state index < -0.39 is 17.8 Å². The van der Waals surface area contributed by atoms with Gasteiger partial charge in [-0.3, -0.25) is 9.59 Å². The highest BCUT2D eigenvalue weighted by Gasteiger charge is 2.15. The molecular formula is C28H29N3O7. The van der Waals surface area contributed by atoms with E-state index in [1.807, 2.05) is 6.92 Å². The second-order valence-corrected chi connectivity index (χ2v) is 7.78. The minimum atomic E-state index is -0.946. The number of methoxy groups -OCH3 is 1. The van der Waals surface area contributed by atoms with Crippen molar-refractivity contribution in [2.75, 3.05) is 25.6 Å². The van der Waals surface area contributed by atoms with Crippen LogP contribution >= 0.6 is 0 Å². The standard InChI is InChI=1S/C28H29N3O7/c1-4-16-37-23-11-7-20(8-12-23)28(34)38-24-15-6-19(17-25(24)36-5-2)18-29-31-27(33)26(32)30-21-9-13-22(35-3)14-10-21/h6-15,17-18H,4-5,16H2,1-3H3,(H,30,32)(H,31,33). The molecule has 0 fully saturated rings. The van der Waals surface area contributed by atoms with Gasteiger partial charge in [0.2, 0.25) is 0 Å². The molecular weight excluding hydrogens is 490 g/mol. The predicted octanol–water partition coefficient (Wildman–Crippen LogP) is 4.19. The second-order valence-electron chi connectivity index (χ2n) is 7.78. The lowest BCUT2D eigenvalue weighted by Crippen LogP contribution is -2.32. The third-order valence-corrected chi connectivity index (χ3v) is 4.97. The fourth-order valence-electron chi connectivity index (χ4n) is 3.10. The normalized spacial score (nSPS) is 10.5. The summed E-state index contributed by atoms with van der Waals surface area (Å²) in [4.78, 5) is 36.8. The Labute approximate surface area is 220 Å². The number of nitrogens with one attached hydrogen (secondary N) is 2. The number of anilines is 1. The smallest absolute Gasteiger partial charge is 0.343 e. The van der Waals surface area contributed by atoms with Crippen molar-refractivity contribution in [1.29, 1.82) is 0 Å². The number of ether oxygens (including phenoxy) is 4. The summed E-state index contributed by atoms with van der Waals surface area (Å²) in [6.45, 7) is 4.73. The Hall–Kier alpha value is -4.86. The molecule has 3 aromatic rings. The van der Waals surface area contributed by atoms with Gasteiger partial charge < -0.3 is 24.3 Å². The highest BCUT2D eigenvalue weighted by molar-refractivity contribution is 6.39. The average molecular weight is 520 g/mol. The van der Waals surface area contributed by atoms with Crippen LogP contribution in [0.1, 0.15) is 36.2 Å². The van der Waals surface area contributed by atoms with Gasteiger partial charge in [0.05, 0.1) is 32.1 Å². The van der Waals surface area contributed by atoms with Crippen LogP contribution in [-0.4, -0.2) is 44.3 Å². The number of amides is 2. The molecule has 2 N–H and O–H groups in total. The molecule has 0 radical (unpaired) electrons. The molecule has 0 aliphatic carbocycles. The van der Waals surface area contributed by atoms with E-state index in [2.05, 4.69) is 15.8 Å². The van der Waals surface area contributed by atoms with Crippen molar-refractivity contribution in [1.82, 2.24) is 5.43 Å². The number of hydrogen-bond acceptors (Lipinski definition) is 8. The van der Waals surface area contributed by atoms with Crippen LogP contribution < -0.4 is 29.7 Å². The molecule has 0 saturated carbocycles. The number of rotatable bonds is 11. The van der Waals surface area contributed by atoms with Gasteiger partial charge in [-0.25, -0.2) is 10.2 Å². The SMILES string of the molecule is CCCOc1ccc(C(=O)Oc2ccc(C=NNC(=O)C(=O)Nc3ccc(OC)cc3)cc2OCC)cc1. The number of hydrogen-bond donors (Lipinski definition) is 2. The fraction of sp³-hybridized carbons (Fsp3) is 0.214. The summed E-state index contributed by atoms with van der Waals surface area (Å²) in [6, 6.07) is 18.0. The monoisotopic (exact) mass is 519 g/mol. The number of carbonyl (C=O) groups is 3. The number of nitrogens with zero attached hydrogens (tertiary/aromatic N) is 1. The van der Waals surface area contributed by atoms with E-state index in [0.29, 0.717) is 47.3 Å². The van der Waals surface area contributed by atoms with Crippen molar-refractivity contribution >= 4 is 29.7 Å². The Morgan fingerprint density at radius 2 is 1.55 bits per heavy atom. The molecule has 0 atom stereocenters. The van der Waals surface area contributed by atoms with Gasteiger partial charge in [0.15, 0.2) is 11.5 Å². The third kappa shape index (κ3) is 8.09. The minimum absolute atomic E-state index is 0.225. The lowest BCUT2D eigenvalue weighted by molar-refractivity contribution is -0.136. The summed E-state index contributed by atoms with van der Waals surface area (Å²) < 4.78 is 21.7. The van der Waals surface area contributed by atoms with E-state index in [0.717, 1.165) is 6.42 Å². The molecule has 198 valence electrons. The van der Waals surface area contributed by atoms with Crippen molar-refractivity contribution < 1.29 is 33.3 Å². The van der Waals surface area contributed by atoms with Crippen molar-refractivity contribution in [2.24, 2.45) is 5.10 Å². The third-order valence-electron chi connectivity index (χ3n) is 4.97. The van der Waals surface area contributed by atoms with Gasteiger partial charge in [-0.15, -0.1) is 0 Å². The Bertz CT molecular complexity index is 1270. The molecule has 3 aromatic carbocycles. The fourth-order valence-corrected chi connectivity index (χ4v) is 3.10. The van der Waals surface area contributed by atoms with Crippen molar-refractivity contribution in [3.63, 3.8) is 0 Å². The van der Waals surface area contributed by atoms with Crippen LogP contribution in [0, 0.1) is 0 Å². The molecule has 3 rings (SSSR count). The van der Waals surface area contributed by atoms with E-state index in [1.165, 1.54) is 13.3 Å². The first-order valence-corrected chi connectivity index (χ1v) is 11.9. The van der Waals surface area contributed by atoms with Crippen LogP contribution in [0.2, 0.25) is 0 Å². The highest BCUT2D eigenvalue weighted by Crippen LogP contribution is 2.29. The zero-order chi connectivity index (χ0) is 27.3. The zero-order valence-corrected chi connectivity index (χ0v) is 21.4. The van der Waals surface area contributed by atoms with Gasteiger partial charge in [-0.05, 0) is 85.6 Å². The molecule has 2 amide bonds. The summed E-state index contributed by atoms with van der Waals surface area (Å²) in [5.74, 6) is -0.541. The maximum Gasteiger partial charge on any atom is 0.343 e. The zero-order valence-electron chi connectivity index (χ0n) is 21.4. The summed E-state index contributed by atoms with van der Waals surface area (Å²) in [5.41, 5.74) is 3.50. The molecule has 0 aliphatic heterocycles. The first-order chi connectivity index (χ1) is 18.4. The number of carbonyl (C=O) groups excluding carboxylic acids is 3. The minimum Gasteiger partial charge on any atom is -0.497 e. The molecule has 0 aromatic heterocycles. The van der Waals surface area contributed by atoms with E-state index in [4.69, 9.17) is 18.9 Å². The Morgan fingerprint density at radius 3 is 2.21 bits per heavy atom. The van der Waals surface area contributed by atoms with Gasteiger partial charge in [0.25, 0.3) is 0 Å². The lowest BCUT2D eigenvalue weighted by atomic mass is 10.2. The van der Waals surface area contributed by atoms with Crippen LogP contribution in [0.15, 0.2) is 71.8 Å². The van der Waals surface area contributed by atoms with Gasteiger partial charge in [-0.2, -0.15) is 5.10 Å². The van der Waals surface area contributed by atoms with Crippen molar-refractivity contribution in [2.45, 2.75) is 20.3 Å². The average Bonchev–Trinajstić information content (AvgIpc) is 2.94. The molecule has 0 spiro atoms. The van der Waals surface area contributed by atoms with E-state index in [-0.39, 0.29) is 5.75 Å². The summed E-state index contributed by atoms with van der Waals surface area (Å²) in [5, 5.41) is 6.28. The highest BCUT2D eigenvalue weighted by atomic mass is 16.6. The van der Waals surface area contributed by atoms with Gasteiger partial charge in [-0.1, -0.05) is 6.92 Å². The largest absolute Gasteiger partial charge is 0.497 e. The van der Waals surface area contributed by atoms with Gasteiger partial charge >= 0.3 is 17.8 Å². The van der Waals surface area contributed by atoms with Crippen LogP contribution in [0.4, 0.5) is 5.69 Å². The van der Waals surface area contributed by atoms with Crippen LogP contribution in [0.3, 0.4) is 0 Å². The molecule has 0 heterocycles. The summed E-state index contributed by atoms with van der Waals surface area (Å²) >= 11 is 0. The topological polar surface area (TPSA) is 125 Å². The lowest BCUT2D eigenvalue weighted by Gasteiger charge is -2.12. The Morgan fingerprint density at radius 1 is 0.842 bits per heavy atom. The number of hydrazone groups is 1. The molecule has 10 heteroatoms. The van der Waals surface area contributed by atoms with Crippen LogP contribution in [0.25, 0.3) is 0 Å². The summed E-state index contributed by atoms with van der Waals surface area (Å²) in [6.07, 6.45) is 2.22. The first kappa shape index (κ1) is 27.7. The van der Waals surface area contributed by atoms with Crippen LogP contribution in [-0.2, 0) is 9.59 Å². The second kappa shape index (κ2) is 14.0. The van der Waals surface area contributed by atoms with E-state index in [1.54, 1.807) is 73.7 Å². The maximum absolute atomic E-state index is 12.6. The predicted molar refractivity (Wildman–Crippen MR) is 142 cm³/mol. The molecule has 0 aliphatic rings. The molecule has 38 heavy (non-hydrogen) atoms. The quantitative estimate of drug-likeness (QED) is 0.128. The molecule has 0 unspecified atom stereocenters. The van der Waals surface area contributed by atoms with E-state index >= 15 is 0 Å². The summed E-state index contributed by atoms with van der Waals surface area (Å²) in [7, 11) is 1.53. The van der Waals surface area contributed by atoms with Crippen molar-refractivity contribution in [3.05, 3.63) is 77.9 Å². The Kier molecular flexibility index (Phi) is 10.2. The maximum atomic E-state index is 12.6. The molecule has 0 saturated heterocycles. The van der Waals surface area contributed by atoms with Gasteiger partial charge in [0.1, 0.15) is 11.5 Å². The number of benzene rings is 3. The van der Waals surface area contributed by atoms with E-state index in [9.17, 15) is 14.4 Å². The number of esters is 1. The van der Waals surface area contributed by atoms with Crippen molar-refractivity contribution in [3.8, 4) is 23.0 Å². The molecule has 0 bridgehead atoms. The van der Waals surface area contributed by atoms with Gasteiger partial charge in [0, 0.05) is 5.69 Å². The first-order valence-electron chi connectivity index (χ1n) is 11.9.